The average Bonchev–Trinajstić information content (AvgIpc) is 3.57. The van der Waals surface area contributed by atoms with Gasteiger partial charge >= 0.3 is 0 Å². The summed E-state index contributed by atoms with van der Waals surface area (Å²) in [4.78, 5) is 45.0. The highest BCUT2D eigenvalue weighted by Crippen LogP contribution is 2.30. The molecule has 3 aliphatic heterocycles. The van der Waals surface area contributed by atoms with Gasteiger partial charge in [-0.1, -0.05) is 30.7 Å². The lowest BCUT2D eigenvalue weighted by molar-refractivity contribution is -0.136. The molecule has 0 saturated carbocycles. The van der Waals surface area contributed by atoms with Crippen LogP contribution in [0, 0.1) is 0 Å². The maximum Gasteiger partial charge on any atom is 0.255 e. The first-order valence-corrected chi connectivity index (χ1v) is 13.7. The van der Waals surface area contributed by atoms with E-state index in [9.17, 15) is 14.4 Å². The van der Waals surface area contributed by atoms with Gasteiger partial charge in [-0.15, -0.1) is 0 Å². The summed E-state index contributed by atoms with van der Waals surface area (Å²) in [6, 6.07) is 14.1. The highest BCUT2D eigenvalue weighted by Gasteiger charge is 2.39. The van der Waals surface area contributed by atoms with Gasteiger partial charge in [0.05, 0.1) is 6.33 Å². The number of nitrogens with zero attached hydrogens (tertiary/aromatic N) is 4. The molecule has 0 radical (unpaired) electrons. The van der Waals surface area contributed by atoms with E-state index in [4.69, 9.17) is 4.74 Å². The van der Waals surface area contributed by atoms with Crippen LogP contribution in [0.5, 0.6) is 5.75 Å². The number of aromatic nitrogens is 2. The highest BCUT2D eigenvalue weighted by molar-refractivity contribution is 6.05. The third-order valence-electron chi connectivity index (χ3n) is 8.02. The Kier molecular flexibility index (Phi) is 7.15. The predicted molar refractivity (Wildman–Crippen MR) is 144 cm³/mol. The van der Waals surface area contributed by atoms with Crippen LogP contribution in [0.25, 0.3) is 0 Å². The molecule has 2 unspecified atom stereocenters. The molecule has 2 atom stereocenters. The van der Waals surface area contributed by atoms with Crippen LogP contribution in [0.15, 0.2) is 61.2 Å². The molecule has 2 aromatic carbocycles. The Balaban J connectivity index is 1.06. The molecule has 2 saturated heterocycles. The lowest BCUT2D eigenvalue weighted by Gasteiger charge is -2.35. The maximum absolute atomic E-state index is 13.0. The summed E-state index contributed by atoms with van der Waals surface area (Å²) in [6.07, 6.45) is 9.67. The summed E-state index contributed by atoms with van der Waals surface area (Å²) >= 11 is 0. The fraction of sp³-hybridized carbons (Fsp3) is 0.400. The number of imide groups is 1. The van der Waals surface area contributed by atoms with E-state index < -0.39 is 11.9 Å². The Hall–Kier alpha value is -3.98. The molecule has 0 bridgehead atoms. The van der Waals surface area contributed by atoms with Gasteiger partial charge in [0.15, 0.2) is 0 Å². The van der Waals surface area contributed by atoms with Crippen LogP contribution < -0.4 is 10.1 Å². The molecule has 202 valence electrons. The number of ether oxygens (including phenoxy) is 1. The van der Waals surface area contributed by atoms with Gasteiger partial charge in [-0.3, -0.25) is 24.6 Å². The highest BCUT2D eigenvalue weighted by atomic mass is 16.5. The van der Waals surface area contributed by atoms with Gasteiger partial charge in [0.1, 0.15) is 18.4 Å². The average molecular weight is 528 g/mol. The molecule has 9 heteroatoms. The number of imidazole rings is 1. The first-order valence-electron chi connectivity index (χ1n) is 13.7. The summed E-state index contributed by atoms with van der Waals surface area (Å²) in [7, 11) is 0. The summed E-state index contributed by atoms with van der Waals surface area (Å²) in [5, 5.41) is 2.35. The lowest BCUT2D eigenvalue weighted by Crippen LogP contribution is -2.52. The summed E-state index contributed by atoms with van der Waals surface area (Å²) in [5.74, 6) is -0.105. The Bertz CT molecular complexity index is 1350. The topological polar surface area (TPSA) is 96.8 Å². The molecule has 0 aliphatic carbocycles. The molecular weight excluding hydrogens is 494 g/mol. The van der Waals surface area contributed by atoms with Gasteiger partial charge < -0.3 is 14.2 Å². The molecular formula is C30H33N5O4. The number of hydrogen-bond acceptors (Lipinski definition) is 6. The Labute approximate surface area is 227 Å². The maximum atomic E-state index is 13.0. The van der Waals surface area contributed by atoms with Crippen molar-refractivity contribution in [3.8, 4) is 5.75 Å². The van der Waals surface area contributed by atoms with Crippen LogP contribution in [0.4, 0.5) is 0 Å². The monoisotopic (exact) mass is 527 g/mol. The van der Waals surface area contributed by atoms with Crippen LogP contribution >= 0.6 is 0 Å². The first kappa shape index (κ1) is 25.3. The molecule has 6 rings (SSSR count). The zero-order chi connectivity index (χ0) is 26.8. The van der Waals surface area contributed by atoms with Crippen LogP contribution in [-0.2, 0) is 29.2 Å². The number of rotatable bonds is 8. The van der Waals surface area contributed by atoms with Gasteiger partial charge in [-0.2, -0.15) is 0 Å². The number of piperidine rings is 2. The van der Waals surface area contributed by atoms with E-state index in [0.29, 0.717) is 31.2 Å². The molecule has 4 heterocycles. The van der Waals surface area contributed by atoms with Gasteiger partial charge in [-0.05, 0) is 60.7 Å². The zero-order valence-corrected chi connectivity index (χ0v) is 21.9. The van der Waals surface area contributed by atoms with Crippen molar-refractivity contribution in [3.05, 3.63) is 83.4 Å². The van der Waals surface area contributed by atoms with Crippen molar-refractivity contribution >= 4 is 17.7 Å². The molecule has 39 heavy (non-hydrogen) atoms. The fourth-order valence-electron chi connectivity index (χ4n) is 5.87. The quantitative estimate of drug-likeness (QED) is 0.452. The van der Waals surface area contributed by atoms with Gasteiger partial charge in [0.2, 0.25) is 11.8 Å². The minimum atomic E-state index is -0.609. The van der Waals surface area contributed by atoms with Crippen molar-refractivity contribution in [1.29, 1.82) is 0 Å². The molecule has 3 amide bonds. The van der Waals surface area contributed by atoms with E-state index in [2.05, 4.69) is 44.0 Å². The summed E-state index contributed by atoms with van der Waals surface area (Å²) in [6.45, 7) is 3.69. The SMILES string of the molecule is O=C1CCC(N2Cc3cc(OCC4CCCCN4Cc4ccc(Cn5ccnc5)cc4)ccc3C2=O)C(=O)N1. The van der Waals surface area contributed by atoms with E-state index in [1.807, 2.05) is 24.7 Å². The van der Waals surface area contributed by atoms with Crippen LogP contribution in [0.3, 0.4) is 0 Å². The van der Waals surface area contributed by atoms with Crippen molar-refractivity contribution in [2.24, 2.45) is 0 Å². The van der Waals surface area contributed by atoms with Crippen molar-refractivity contribution < 1.29 is 19.1 Å². The van der Waals surface area contributed by atoms with E-state index >= 15 is 0 Å². The number of hydrogen-bond donors (Lipinski definition) is 1. The van der Waals surface area contributed by atoms with Crippen LogP contribution in [-0.4, -0.2) is 62.3 Å². The summed E-state index contributed by atoms with van der Waals surface area (Å²) < 4.78 is 8.33. The van der Waals surface area contributed by atoms with Gasteiger partial charge in [0, 0.05) is 50.1 Å². The minimum absolute atomic E-state index is 0.166. The summed E-state index contributed by atoms with van der Waals surface area (Å²) in [5.41, 5.74) is 4.00. The predicted octanol–water partition coefficient (Wildman–Crippen LogP) is 3.13. The van der Waals surface area contributed by atoms with Crippen molar-refractivity contribution in [1.82, 2.24) is 24.7 Å². The Morgan fingerprint density at radius 2 is 1.79 bits per heavy atom. The zero-order valence-electron chi connectivity index (χ0n) is 21.9. The van der Waals surface area contributed by atoms with E-state index in [1.165, 1.54) is 24.0 Å². The van der Waals surface area contributed by atoms with Crippen molar-refractivity contribution in [2.45, 2.75) is 63.8 Å². The van der Waals surface area contributed by atoms with Crippen molar-refractivity contribution in [2.75, 3.05) is 13.2 Å². The second-order valence-electron chi connectivity index (χ2n) is 10.7. The first-order chi connectivity index (χ1) is 19.0. The Morgan fingerprint density at radius 1 is 0.974 bits per heavy atom. The number of likely N-dealkylation sites (tertiary alicyclic amines) is 1. The van der Waals surface area contributed by atoms with E-state index in [-0.39, 0.29) is 18.2 Å². The van der Waals surface area contributed by atoms with Gasteiger partial charge in [0.25, 0.3) is 5.91 Å². The van der Waals surface area contributed by atoms with E-state index in [1.54, 1.807) is 17.2 Å². The molecule has 2 fully saturated rings. The molecule has 0 spiro atoms. The molecule has 9 nitrogen and oxygen atoms in total. The van der Waals surface area contributed by atoms with E-state index in [0.717, 1.165) is 37.4 Å². The molecule has 3 aromatic rings. The third kappa shape index (κ3) is 5.59. The second kappa shape index (κ2) is 11.0. The third-order valence-corrected chi connectivity index (χ3v) is 8.02. The largest absolute Gasteiger partial charge is 0.492 e. The standard InChI is InChI=1S/C30H33N5O4/c36-28-11-10-27(29(37)32-28)35-18-23-15-25(8-9-26(23)30(35)38)39-19-24-3-1-2-13-34(24)17-22-6-4-21(5-7-22)16-33-14-12-31-20-33/h4-9,12,14-15,20,24,27H,1-3,10-11,13,16-19H2,(H,32,36,37). The number of nitrogens with one attached hydrogen (secondary N) is 1. The molecule has 3 aliphatic rings. The number of benzene rings is 2. The smallest absolute Gasteiger partial charge is 0.255 e. The normalized spacial score (nSPS) is 21.6. The second-order valence-corrected chi connectivity index (χ2v) is 10.7. The number of amides is 3. The minimum Gasteiger partial charge on any atom is -0.492 e. The lowest BCUT2D eigenvalue weighted by atomic mass is 10.0. The Morgan fingerprint density at radius 3 is 2.56 bits per heavy atom. The van der Waals surface area contributed by atoms with Crippen LogP contribution in [0.1, 0.15) is 59.2 Å². The van der Waals surface area contributed by atoms with Gasteiger partial charge in [-0.25, -0.2) is 4.98 Å². The molecule has 1 N–H and O–H groups in total. The molecule has 1 aromatic heterocycles. The number of carbonyl (C=O) groups excluding carboxylic acids is 3. The fourth-order valence-corrected chi connectivity index (χ4v) is 5.87. The van der Waals surface area contributed by atoms with Crippen LogP contribution in [0.2, 0.25) is 0 Å². The number of fused-ring (bicyclic) bond motifs is 1. The van der Waals surface area contributed by atoms with Crippen molar-refractivity contribution in [3.63, 3.8) is 0 Å². The number of carbonyl (C=O) groups is 3.